The van der Waals surface area contributed by atoms with Crippen molar-refractivity contribution >= 4 is 5.95 Å². The molecule has 5 aromatic rings. The van der Waals surface area contributed by atoms with E-state index in [0.717, 1.165) is 65.4 Å². The Morgan fingerprint density at radius 2 is 1.70 bits per heavy atom. The maximum absolute atomic E-state index is 13.8. The van der Waals surface area contributed by atoms with Crippen LogP contribution in [0, 0.1) is 5.82 Å². The normalized spacial score (nSPS) is 16.4. The summed E-state index contributed by atoms with van der Waals surface area (Å²) in [7, 11) is 0. The van der Waals surface area contributed by atoms with Gasteiger partial charge in [-0.05, 0) is 62.1 Å². The minimum Gasteiger partial charge on any atom is -0.474 e. The molecule has 200 valence electrons. The van der Waals surface area contributed by atoms with Gasteiger partial charge in [0.2, 0.25) is 11.8 Å². The number of hydrogen-bond donors (Lipinski definition) is 1. The minimum absolute atomic E-state index is 0.0281. The number of hydrogen-bond acceptors (Lipinski definition) is 7. The van der Waals surface area contributed by atoms with Gasteiger partial charge in [0.25, 0.3) is 0 Å². The predicted octanol–water partition coefficient (Wildman–Crippen LogP) is 6.13. The second-order valence-corrected chi connectivity index (χ2v) is 10.3. The molecule has 0 radical (unpaired) electrons. The fourth-order valence-corrected chi connectivity index (χ4v) is 5.32. The first-order chi connectivity index (χ1) is 19.7. The summed E-state index contributed by atoms with van der Waals surface area (Å²) in [4.78, 5) is 14.4. The molecule has 0 amide bonds. The molecule has 1 unspecified atom stereocenters. The third-order valence-electron chi connectivity index (χ3n) is 7.64. The molecular formula is C31H28FN7O. The number of aromatic nitrogens is 6. The van der Waals surface area contributed by atoms with Gasteiger partial charge in [-0.3, -0.25) is 0 Å². The Kier molecular flexibility index (Phi) is 6.39. The number of fused-ring (bicyclic) bond motifs is 1. The first-order valence-corrected chi connectivity index (χ1v) is 13.7. The Bertz CT molecular complexity index is 1620. The number of imidazole rings is 1. The van der Waals surface area contributed by atoms with Crippen LogP contribution in [-0.2, 0) is 6.42 Å². The van der Waals surface area contributed by atoms with Crippen molar-refractivity contribution in [3.05, 3.63) is 90.6 Å². The van der Waals surface area contributed by atoms with Crippen LogP contribution in [0.5, 0.6) is 5.88 Å². The second-order valence-electron chi connectivity index (χ2n) is 10.3. The zero-order chi connectivity index (χ0) is 26.9. The van der Waals surface area contributed by atoms with Crippen molar-refractivity contribution in [1.82, 2.24) is 29.7 Å². The molecule has 2 aliphatic rings. The maximum Gasteiger partial charge on any atom is 0.233 e. The van der Waals surface area contributed by atoms with Gasteiger partial charge in [0, 0.05) is 35.9 Å². The fourth-order valence-electron chi connectivity index (χ4n) is 5.32. The van der Waals surface area contributed by atoms with Crippen LogP contribution in [-0.4, -0.2) is 42.4 Å². The van der Waals surface area contributed by atoms with Crippen molar-refractivity contribution in [2.75, 3.05) is 11.9 Å². The standard InChI is InChI=1S/C31H28FN7O/c32-22-11-9-21(10-12-22)29-30(26-17-18-33-31(35-26)34-23-7-4-8-23)39-24(13-15-27(39)36-29)19-40-28-16-14-25(37-38-28)20-5-2-1-3-6-20/h1-3,5-6,9-12,14,16-18,23-24H,4,7-8,13,15,19H2,(H,33,34,35). The predicted molar refractivity (Wildman–Crippen MR) is 150 cm³/mol. The molecule has 2 aromatic carbocycles. The summed E-state index contributed by atoms with van der Waals surface area (Å²) in [6.07, 6.45) is 6.95. The summed E-state index contributed by atoms with van der Waals surface area (Å²) in [5, 5.41) is 12.1. The van der Waals surface area contributed by atoms with Gasteiger partial charge in [-0.25, -0.2) is 19.3 Å². The smallest absolute Gasteiger partial charge is 0.233 e. The molecule has 1 aliphatic heterocycles. The molecule has 1 atom stereocenters. The monoisotopic (exact) mass is 533 g/mol. The third-order valence-corrected chi connectivity index (χ3v) is 7.64. The van der Waals surface area contributed by atoms with Gasteiger partial charge in [-0.2, -0.15) is 0 Å². The van der Waals surface area contributed by atoms with Crippen LogP contribution in [0.2, 0.25) is 0 Å². The molecule has 8 nitrogen and oxygen atoms in total. The highest BCUT2D eigenvalue weighted by atomic mass is 19.1. The summed E-state index contributed by atoms with van der Waals surface area (Å²) in [5.41, 5.74) is 5.08. The zero-order valence-electron chi connectivity index (χ0n) is 21.9. The Labute approximate surface area is 231 Å². The molecule has 0 spiro atoms. The molecule has 40 heavy (non-hydrogen) atoms. The molecule has 1 fully saturated rings. The van der Waals surface area contributed by atoms with Gasteiger partial charge in [-0.15, -0.1) is 10.2 Å². The SMILES string of the molecule is Fc1ccc(-c2nc3n(c2-c2ccnc(NC4CCC4)n2)C(COc2ccc(-c4ccccc4)nn2)CC3)cc1. The van der Waals surface area contributed by atoms with E-state index in [1.807, 2.05) is 48.5 Å². The number of rotatable bonds is 8. The van der Waals surface area contributed by atoms with Crippen LogP contribution in [0.1, 0.15) is 37.5 Å². The zero-order valence-corrected chi connectivity index (χ0v) is 21.9. The van der Waals surface area contributed by atoms with E-state index in [1.54, 1.807) is 18.3 Å². The van der Waals surface area contributed by atoms with Crippen LogP contribution < -0.4 is 10.1 Å². The third kappa shape index (κ3) is 4.79. The lowest BCUT2D eigenvalue weighted by molar-refractivity contribution is 0.245. The molecule has 9 heteroatoms. The van der Waals surface area contributed by atoms with Gasteiger partial charge in [-0.1, -0.05) is 30.3 Å². The molecule has 1 aliphatic carbocycles. The summed E-state index contributed by atoms with van der Waals surface area (Å²) in [6.45, 7) is 0.414. The Hall–Kier alpha value is -4.66. The van der Waals surface area contributed by atoms with Crippen molar-refractivity contribution in [1.29, 1.82) is 0 Å². The van der Waals surface area contributed by atoms with Crippen molar-refractivity contribution in [3.63, 3.8) is 0 Å². The molecule has 0 saturated heterocycles. The topological polar surface area (TPSA) is 90.6 Å². The number of ether oxygens (including phenoxy) is 1. The lowest BCUT2D eigenvalue weighted by Gasteiger charge is -2.26. The highest BCUT2D eigenvalue weighted by Crippen LogP contribution is 2.39. The molecule has 0 bridgehead atoms. The first kappa shape index (κ1) is 24.4. The summed E-state index contributed by atoms with van der Waals surface area (Å²) < 4.78 is 22.1. The van der Waals surface area contributed by atoms with Gasteiger partial charge in [0.1, 0.15) is 18.2 Å². The van der Waals surface area contributed by atoms with Crippen molar-refractivity contribution in [2.24, 2.45) is 0 Å². The second kappa shape index (κ2) is 10.5. The lowest BCUT2D eigenvalue weighted by Crippen LogP contribution is -2.28. The first-order valence-electron chi connectivity index (χ1n) is 13.7. The van der Waals surface area contributed by atoms with E-state index in [4.69, 9.17) is 14.7 Å². The molecule has 1 saturated carbocycles. The Balaban J connectivity index is 1.19. The number of nitrogens with zero attached hydrogens (tertiary/aromatic N) is 6. The van der Waals surface area contributed by atoms with Crippen LogP contribution in [0.3, 0.4) is 0 Å². The van der Waals surface area contributed by atoms with E-state index in [2.05, 4.69) is 25.1 Å². The maximum atomic E-state index is 13.8. The average Bonchev–Trinajstić information content (AvgIpc) is 3.55. The van der Waals surface area contributed by atoms with Gasteiger partial charge in [0.15, 0.2) is 0 Å². The van der Waals surface area contributed by atoms with Crippen molar-refractivity contribution < 1.29 is 9.13 Å². The van der Waals surface area contributed by atoms with Crippen molar-refractivity contribution in [3.8, 4) is 39.8 Å². The lowest BCUT2D eigenvalue weighted by atomic mass is 9.93. The molecule has 3 aromatic heterocycles. The number of halogens is 1. The van der Waals surface area contributed by atoms with E-state index in [-0.39, 0.29) is 11.9 Å². The summed E-state index contributed by atoms with van der Waals surface area (Å²) in [6, 6.07) is 22.5. The van der Waals surface area contributed by atoms with Gasteiger partial charge >= 0.3 is 0 Å². The van der Waals surface area contributed by atoms with Crippen LogP contribution in [0.4, 0.5) is 10.3 Å². The van der Waals surface area contributed by atoms with Gasteiger partial charge in [0.05, 0.1) is 28.8 Å². The number of aryl methyl sites for hydroxylation is 1. The highest BCUT2D eigenvalue weighted by Gasteiger charge is 2.31. The van der Waals surface area contributed by atoms with E-state index in [9.17, 15) is 4.39 Å². The molecule has 4 heterocycles. The number of nitrogens with one attached hydrogen (secondary N) is 1. The Morgan fingerprint density at radius 1 is 0.850 bits per heavy atom. The van der Waals surface area contributed by atoms with Crippen LogP contribution in [0.15, 0.2) is 79.0 Å². The largest absolute Gasteiger partial charge is 0.474 e. The summed E-state index contributed by atoms with van der Waals surface area (Å²) in [5.74, 6) is 1.77. The molecular weight excluding hydrogens is 505 g/mol. The average molecular weight is 534 g/mol. The molecule has 7 rings (SSSR count). The van der Waals surface area contributed by atoms with E-state index >= 15 is 0 Å². The Morgan fingerprint density at radius 3 is 2.45 bits per heavy atom. The molecule has 1 N–H and O–H groups in total. The quantitative estimate of drug-likeness (QED) is 0.256. The van der Waals surface area contributed by atoms with Crippen LogP contribution in [0.25, 0.3) is 33.9 Å². The van der Waals surface area contributed by atoms with Crippen LogP contribution >= 0.6 is 0 Å². The van der Waals surface area contributed by atoms with E-state index in [1.165, 1.54) is 18.6 Å². The number of benzene rings is 2. The van der Waals surface area contributed by atoms with Crippen molar-refractivity contribution in [2.45, 2.75) is 44.2 Å². The summed E-state index contributed by atoms with van der Waals surface area (Å²) >= 11 is 0. The van der Waals surface area contributed by atoms with E-state index in [0.29, 0.717) is 24.5 Å². The number of anilines is 1. The fraction of sp³-hybridized carbons (Fsp3) is 0.258. The van der Waals surface area contributed by atoms with Gasteiger partial charge < -0.3 is 14.6 Å². The highest BCUT2D eigenvalue weighted by molar-refractivity contribution is 5.78. The minimum atomic E-state index is -0.281. The van der Waals surface area contributed by atoms with E-state index < -0.39 is 0 Å².